The molecule has 2 aromatic rings. The number of ether oxygens (including phenoxy) is 3. The number of amides is 1. The number of benzene rings is 1. The highest BCUT2D eigenvalue weighted by Gasteiger charge is 2.20. The summed E-state index contributed by atoms with van der Waals surface area (Å²) in [5.74, 6) is 0.172. The van der Waals surface area contributed by atoms with Gasteiger partial charge in [0.05, 0.1) is 0 Å². The van der Waals surface area contributed by atoms with E-state index in [9.17, 15) is 9.59 Å². The van der Waals surface area contributed by atoms with E-state index in [0.29, 0.717) is 16.5 Å². The lowest BCUT2D eigenvalue weighted by Gasteiger charge is -2.13. The van der Waals surface area contributed by atoms with Gasteiger partial charge in [-0.3, -0.25) is 4.79 Å². The largest absolute Gasteiger partial charge is 0.454 e. The summed E-state index contributed by atoms with van der Waals surface area (Å²) < 4.78 is 15.6. The molecule has 130 valence electrons. The van der Waals surface area contributed by atoms with Crippen molar-refractivity contribution in [1.29, 1.82) is 0 Å². The van der Waals surface area contributed by atoms with Gasteiger partial charge in [-0.2, -0.15) is 0 Å². The average Bonchev–Trinajstić information content (AvgIpc) is 3.07. The molecule has 0 fully saturated rings. The zero-order valence-electron chi connectivity index (χ0n) is 13.3. The van der Waals surface area contributed by atoms with Crippen molar-refractivity contribution in [2.75, 3.05) is 6.79 Å². The molecule has 1 aromatic carbocycles. The van der Waals surface area contributed by atoms with Crippen molar-refractivity contribution >= 4 is 23.5 Å². The standard InChI is InChI=1S/C17H15ClN2O5/c1-10(25-17(22)13-7-12(18)4-5-19-13)16(21)20-8-11-2-3-14-15(6-11)24-9-23-14/h2-7,10H,8-9H2,1H3,(H,20,21)/t10-/m1/s1. The van der Waals surface area contributed by atoms with Gasteiger partial charge in [0.2, 0.25) is 6.79 Å². The van der Waals surface area contributed by atoms with E-state index in [1.54, 1.807) is 18.2 Å². The van der Waals surface area contributed by atoms with Gasteiger partial charge in [0.1, 0.15) is 5.69 Å². The third kappa shape index (κ3) is 4.19. The molecule has 1 aliphatic rings. The number of nitrogens with one attached hydrogen (secondary N) is 1. The first-order chi connectivity index (χ1) is 12.0. The minimum Gasteiger partial charge on any atom is -0.454 e. The van der Waals surface area contributed by atoms with E-state index in [2.05, 4.69) is 10.3 Å². The van der Waals surface area contributed by atoms with Crippen LogP contribution in [0.15, 0.2) is 36.5 Å². The van der Waals surface area contributed by atoms with E-state index in [1.165, 1.54) is 19.2 Å². The molecule has 0 unspecified atom stereocenters. The number of hydrogen-bond donors (Lipinski definition) is 1. The Kier molecular flexibility index (Phi) is 5.04. The molecular weight excluding hydrogens is 348 g/mol. The third-order valence-electron chi connectivity index (χ3n) is 3.49. The predicted octanol–water partition coefficient (Wildman–Crippen LogP) is 2.33. The second-order valence-electron chi connectivity index (χ2n) is 5.31. The van der Waals surface area contributed by atoms with Gasteiger partial charge in [-0.1, -0.05) is 17.7 Å². The SMILES string of the molecule is C[C@@H](OC(=O)c1cc(Cl)ccn1)C(=O)NCc1ccc2c(c1)OCO2. The van der Waals surface area contributed by atoms with Crippen molar-refractivity contribution in [2.45, 2.75) is 19.6 Å². The average molecular weight is 363 g/mol. The fourth-order valence-corrected chi connectivity index (χ4v) is 2.33. The van der Waals surface area contributed by atoms with Crippen molar-refractivity contribution in [3.63, 3.8) is 0 Å². The maximum atomic E-state index is 12.1. The molecule has 8 heteroatoms. The summed E-state index contributed by atoms with van der Waals surface area (Å²) in [6.45, 7) is 1.94. The molecule has 0 aliphatic carbocycles. The van der Waals surface area contributed by atoms with Crippen molar-refractivity contribution in [3.05, 3.63) is 52.8 Å². The van der Waals surface area contributed by atoms with Gasteiger partial charge in [0.25, 0.3) is 5.91 Å². The van der Waals surface area contributed by atoms with E-state index >= 15 is 0 Å². The smallest absolute Gasteiger partial charge is 0.357 e. The zero-order chi connectivity index (χ0) is 17.8. The van der Waals surface area contributed by atoms with Crippen LogP contribution in [-0.4, -0.2) is 29.8 Å². The number of esters is 1. The minimum atomic E-state index is -0.970. The van der Waals surface area contributed by atoms with Crippen molar-refractivity contribution in [2.24, 2.45) is 0 Å². The lowest BCUT2D eigenvalue weighted by atomic mass is 10.2. The van der Waals surface area contributed by atoms with Gasteiger partial charge in [0.15, 0.2) is 17.6 Å². The Bertz CT molecular complexity index is 811. The van der Waals surface area contributed by atoms with Crippen LogP contribution in [0.5, 0.6) is 11.5 Å². The van der Waals surface area contributed by atoms with Gasteiger partial charge in [-0.05, 0) is 36.8 Å². The quantitative estimate of drug-likeness (QED) is 0.821. The van der Waals surface area contributed by atoms with Crippen LogP contribution in [0.3, 0.4) is 0 Å². The summed E-state index contributed by atoms with van der Waals surface area (Å²) in [4.78, 5) is 27.9. The molecule has 0 saturated carbocycles. The normalized spacial score (nSPS) is 13.2. The lowest BCUT2D eigenvalue weighted by Crippen LogP contribution is -2.35. The number of carbonyl (C=O) groups is 2. The van der Waals surface area contributed by atoms with Crippen molar-refractivity contribution in [3.8, 4) is 11.5 Å². The fraction of sp³-hybridized carbons (Fsp3) is 0.235. The van der Waals surface area contributed by atoms with E-state index in [1.807, 2.05) is 6.07 Å². The number of aromatic nitrogens is 1. The van der Waals surface area contributed by atoms with Gasteiger partial charge in [-0.15, -0.1) is 0 Å². The van der Waals surface area contributed by atoms with E-state index < -0.39 is 18.0 Å². The Hall–Kier alpha value is -2.80. The van der Waals surface area contributed by atoms with Crippen LogP contribution < -0.4 is 14.8 Å². The Balaban J connectivity index is 1.53. The highest BCUT2D eigenvalue weighted by molar-refractivity contribution is 6.30. The molecule has 2 heterocycles. The van der Waals surface area contributed by atoms with Crippen LogP contribution in [0.1, 0.15) is 23.0 Å². The van der Waals surface area contributed by atoms with Gasteiger partial charge >= 0.3 is 5.97 Å². The summed E-state index contributed by atoms with van der Waals surface area (Å²) in [5.41, 5.74) is 0.885. The number of pyridine rings is 1. The molecule has 0 bridgehead atoms. The second-order valence-corrected chi connectivity index (χ2v) is 5.75. The number of nitrogens with zero attached hydrogens (tertiary/aromatic N) is 1. The third-order valence-corrected chi connectivity index (χ3v) is 3.72. The summed E-state index contributed by atoms with van der Waals surface area (Å²) in [5, 5.41) is 3.06. The fourth-order valence-electron chi connectivity index (χ4n) is 2.17. The van der Waals surface area contributed by atoms with Gasteiger partial charge in [-0.25, -0.2) is 9.78 Å². The second kappa shape index (κ2) is 7.40. The molecule has 0 spiro atoms. The molecule has 0 radical (unpaired) electrons. The molecule has 7 nitrogen and oxygen atoms in total. The first-order valence-corrected chi connectivity index (χ1v) is 7.89. The monoisotopic (exact) mass is 362 g/mol. The van der Waals surface area contributed by atoms with Crippen molar-refractivity contribution in [1.82, 2.24) is 10.3 Å². The topological polar surface area (TPSA) is 86.8 Å². The van der Waals surface area contributed by atoms with E-state index in [4.69, 9.17) is 25.8 Å². The molecule has 0 saturated heterocycles. The number of carbonyl (C=O) groups excluding carboxylic acids is 2. The first kappa shape index (κ1) is 17.0. The molecule has 1 aliphatic heterocycles. The van der Waals surface area contributed by atoms with Crippen LogP contribution in [-0.2, 0) is 16.1 Å². The van der Waals surface area contributed by atoms with E-state index in [0.717, 1.165) is 5.56 Å². The molecule has 1 amide bonds. The number of hydrogen-bond acceptors (Lipinski definition) is 6. The van der Waals surface area contributed by atoms with Crippen molar-refractivity contribution < 1.29 is 23.8 Å². The molecule has 25 heavy (non-hydrogen) atoms. The summed E-state index contributed by atoms with van der Waals surface area (Å²) in [7, 11) is 0. The van der Waals surface area contributed by atoms with Gasteiger partial charge < -0.3 is 19.5 Å². The lowest BCUT2D eigenvalue weighted by molar-refractivity contribution is -0.129. The minimum absolute atomic E-state index is 0.0444. The van der Waals surface area contributed by atoms with Gasteiger partial charge in [0, 0.05) is 17.8 Å². The first-order valence-electron chi connectivity index (χ1n) is 7.51. The molecule has 1 N–H and O–H groups in total. The Labute approximate surface area is 148 Å². The molecular formula is C17H15ClN2O5. The number of halogens is 1. The number of fused-ring (bicyclic) bond motifs is 1. The van der Waals surface area contributed by atoms with Crippen LogP contribution >= 0.6 is 11.6 Å². The van der Waals surface area contributed by atoms with Crippen LogP contribution in [0.2, 0.25) is 5.02 Å². The van der Waals surface area contributed by atoms with Crippen LogP contribution in [0.4, 0.5) is 0 Å². The number of rotatable bonds is 5. The Morgan fingerprint density at radius 1 is 1.28 bits per heavy atom. The van der Waals surface area contributed by atoms with Crippen LogP contribution in [0, 0.1) is 0 Å². The molecule has 1 atom stereocenters. The van der Waals surface area contributed by atoms with E-state index in [-0.39, 0.29) is 19.0 Å². The summed E-state index contributed by atoms with van der Waals surface area (Å²) in [6, 6.07) is 8.30. The molecule has 3 rings (SSSR count). The zero-order valence-corrected chi connectivity index (χ0v) is 14.1. The summed E-state index contributed by atoms with van der Waals surface area (Å²) >= 11 is 5.80. The Morgan fingerprint density at radius 3 is 2.88 bits per heavy atom. The maximum absolute atomic E-state index is 12.1. The molecule has 1 aromatic heterocycles. The van der Waals surface area contributed by atoms with Crippen LogP contribution in [0.25, 0.3) is 0 Å². The highest BCUT2D eigenvalue weighted by Crippen LogP contribution is 2.32. The highest BCUT2D eigenvalue weighted by atomic mass is 35.5. The predicted molar refractivity (Wildman–Crippen MR) is 88.5 cm³/mol. The Morgan fingerprint density at radius 2 is 2.08 bits per heavy atom. The maximum Gasteiger partial charge on any atom is 0.357 e. The summed E-state index contributed by atoms with van der Waals surface area (Å²) in [6.07, 6.45) is 0.422.